The Bertz CT molecular complexity index is 838. The molecule has 152 valence electrons. The number of aliphatic hydroxyl groups is 1. The molecule has 1 aliphatic rings. The fraction of sp³-hybridized carbons (Fsp3) is 0.524. The summed E-state index contributed by atoms with van der Waals surface area (Å²) in [6.07, 6.45) is -0.0677. The number of aliphatic hydroxyl groups excluding tert-OH is 1. The molecule has 1 aromatic heterocycles. The molecule has 0 radical (unpaired) electrons. The van der Waals surface area contributed by atoms with Crippen molar-refractivity contribution in [2.75, 3.05) is 24.6 Å². The van der Waals surface area contributed by atoms with Crippen molar-refractivity contribution in [3.63, 3.8) is 0 Å². The highest BCUT2D eigenvalue weighted by Crippen LogP contribution is 2.39. The highest BCUT2D eigenvalue weighted by molar-refractivity contribution is 5.94. The second kappa shape index (κ2) is 8.47. The van der Waals surface area contributed by atoms with Crippen molar-refractivity contribution >= 4 is 22.4 Å². The van der Waals surface area contributed by atoms with E-state index in [0.29, 0.717) is 23.6 Å². The van der Waals surface area contributed by atoms with Gasteiger partial charge in [-0.3, -0.25) is 9.78 Å². The van der Waals surface area contributed by atoms with Crippen molar-refractivity contribution in [1.29, 1.82) is 0 Å². The van der Waals surface area contributed by atoms with Gasteiger partial charge < -0.3 is 10.0 Å². The molecule has 3 rings (SSSR count). The van der Waals surface area contributed by atoms with Gasteiger partial charge in [-0.2, -0.15) is 13.2 Å². The van der Waals surface area contributed by atoms with Crippen LogP contribution in [0.25, 0.3) is 10.9 Å². The monoisotopic (exact) mass is 394 g/mol. The van der Waals surface area contributed by atoms with Crippen molar-refractivity contribution in [2.24, 2.45) is 11.8 Å². The first-order valence-corrected chi connectivity index (χ1v) is 9.62. The largest absolute Gasteiger partial charge is 0.418 e. The van der Waals surface area contributed by atoms with E-state index in [1.165, 1.54) is 6.20 Å². The van der Waals surface area contributed by atoms with Crippen molar-refractivity contribution in [3.8, 4) is 0 Å². The lowest BCUT2D eigenvalue weighted by atomic mass is 9.86. The number of anilines is 1. The Morgan fingerprint density at radius 1 is 1.29 bits per heavy atom. The molecule has 4 nitrogen and oxygen atoms in total. The summed E-state index contributed by atoms with van der Waals surface area (Å²) < 4.78 is 40.1. The number of fused-ring (bicyclic) bond motifs is 1. The molecule has 0 aliphatic carbocycles. The highest BCUT2D eigenvalue weighted by atomic mass is 19.4. The number of carbonyl (C=O) groups excluding carboxylic acids is 1. The summed E-state index contributed by atoms with van der Waals surface area (Å²) in [4.78, 5) is 17.5. The van der Waals surface area contributed by atoms with Crippen molar-refractivity contribution in [2.45, 2.75) is 38.8 Å². The van der Waals surface area contributed by atoms with E-state index in [1.54, 1.807) is 18.2 Å². The van der Waals surface area contributed by atoms with E-state index in [2.05, 4.69) is 16.8 Å². The Kier molecular flexibility index (Phi) is 6.23. The van der Waals surface area contributed by atoms with Gasteiger partial charge in [0.1, 0.15) is 6.61 Å². The van der Waals surface area contributed by atoms with Crippen LogP contribution in [0.2, 0.25) is 0 Å². The van der Waals surface area contributed by atoms with Gasteiger partial charge in [0.2, 0.25) is 0 Å². The Morgan fingerprint density at radius 2 is 2.07 bits per heavy atom. The number of aromatic nitrogens is 1. The van der Waals surface area contributed by atoms with Crippen molar-refractivity contribution in [3.05, 3.63) is 36.0 Å². The molecule has 0 unspecified atom stereocenters. The van der Waals surface area contributed by atoms with Gasteiger partial charge in [0.15, 0.2) is 5.78 Å². The topological polar surface area (TPSA) is 53.4 Å². The summed E-state index contributed by atoms with van der Waals surface area (Å²) in [5, 5.41) is 9.36. The number of Topliss-reactive ketones (excluding diaryl/α,β-unsaturated/α-hetero) is 1. The number of hydrogen-bond acceptors (Lipinski definition) is 4. The zero-order chi connectivity index (χ0) is 20.3. The predicted molar refractivity (Wildman–Crippen MR) is 102 cm³/mol. The molecule has 0 amide bonds. The Labute approximate surface area is 162 Å². The first-order chi connectivity index (χ1) is 13.3. The molecular weight excluding hydrogens is 369 g/mol. The standard InChI is InChI=1S/C21H25F3N2O2/c1-14-10-15(4-2-5-16(28)13-27)12-26(11-14)19-8-7-18(21(22,23)24)20-17(19)6-3-9-25-20/h3,6-9,14-15,27H,2,4-5,10-13H2,1H3/t14-,15+/m0/s1. The minimum atomic E-state index is -4.44. The van der Waals surface area contributed by atoms with Gasteiger partial charge in [-0.15, -0.1) is 0 Å². The van der Waals surface area contributed by atoms with Gasteiger partial charge >= 0.3 is 6.18 Å². The van der Waals surface area contributed by atoms with Crippen LogP contribution in [0.15, 0.2) is 30.5 Å². The third-order valence-corrected chi connectivity index (χ3v) is 5.38. The zero-order valence-electron chi connectivity index (χ0n) is 15.9. The molecule has 1 aliphatic heterocycles. The van der Waals surface area contributed by atoms with Crippen LogP contribution in [0.1, 0.15) is 38.2 Å². The maximum absolute atomic E-state index is 13.4. The SMILES string of the molecule is C[C@H]1C[C@@H](CCCC(=O)CO)CN(c2ccc(C(F)(F)F)c3ncccc23)C1. The maximum Gasteiger partial charge on any atom is 0.418 e. The zero-order valence-corrected chi connectivity index (χ0v) is 15.9. The summed E-state index contributed by atoms with van der Waals surface area (Å²) in [7, 11) is 0. The smallest absolute Gasteiger partial charge is 0.389 e. The number of nitrogens with zero attached hydrogens (tertiary/aromatic N) is 2. The molecule has 0 spiro atoms. The molecule has 2 aromatic rings. The third-order valence-electron chi connectivity index (χ3n) is 5.38. The lowest BCUT2D eigenvalue weighted by Gasteiger charge is -2.38. The van der Waals surface area contributed by atoms with Crippen LogP contribution in [0.3, 0.4) is 0 Å². The molecular formula is C21H25F3N2O2. The van der Waals surface area contributed by atoms with Gasteiger partial charge in [-0.05, 0) is 55.4 Å². The van der Waals surface area contributed by atoms with Crippen LogP contribution in [0.5, 0.6) is 0 Å². The quantitative estimate of drug-likeness (QED) is 0.787. The first kappa shape index (κ1) is 20.6. The van der Waals surface area contributed by atoms with Gasteiger partial charge in [0.05, 0.1) is 11.1 Å². The maximum atomic E-state index is 13.4. The lowest BCUT2D eigenvalue weighted by Crippen LogP contribution is -2.40. The van der Waals surface area contributed by atoms with Crippen molar-refractivity contribution < 1.29 is 23.1 Å². The molecule has 1 fully saturated rings. The Balaban J connectivity index is 1.84. The molecule has 0 saturated carbocycles. The van der Waals surface area contributed by atoms with E-state index in [9.17, 15) is 18.0 Å². The summed E-state index contributed by atoms with van der Waals surface area (Å²) in [6, 6.07) is 6.04. The van der Waals surface area contributed by atoms with Gasteiger partial charge in [-0.25, -0.2) is 0 Å². The van der Waals surface area contributed by atoms with Crippen LogP contribution < -0.4 is 4.90 Å². The molecule has 2 heterocycles. The van der Waals surface area contributed by atoms with Crippen LogP contribution >= 0.6 is 0 Å². The number of pyridine rings is 1. The minimum Gasteiger partial charge on any atom is -0.389 e. The van der Waals surface area contributed by atoms with Gasteiger partial charge in [0.25, 0.3) is 0 Å². The van der Waals surface area contributed by atoms with E-state index in [1.807, 2.05) is 0 Å². The molecule has 1 saturated heterocycles. The van der Waals surface area contributed by atoms with Gasteiger partial charge in [0, 0.05) is 36.8 Å². The number of carbonyl (C=O) groups is 1. The average molecular weight is 394 g/mol. The first-order valence-electron chi connectivity index (χ1n) is 9.62. The van der Waals surface area contributed by atoms with E-state index >= 15 is 0 Å². The summed E-state index contributed by atoms with van der Waals surface area (Å²) >= 11 is 0. The number of ketones is 1. The third kappa shape index (κ3) is 4.63. The van der Waals surface area contributed by atoms with Crippen LogP contribution in [0.4, 0.5) is 18.9 Å². The van der Waals surface area contributed by atoms with E-state index < -0.39 is 18.3 Å². The van der Waals surface area contributed by atoms with Crippen LogP contribution in [0, 0.1) is 11.8 Å². The summed E-state index contributed by atoms with van der Waals surface area (Å²) in [5.41, 5.74) is 0.0471. The van der Waals surface area contributed by atoms with E-state index in [0.717, 1.165) is 44.1 Å². The highest BCUT2D eigenvalue weighted by Gasteiger charge is 2.34. The fourth-order valence-electron chi connectivity index (χ4n) is 4.22. The second-order valence-corrected chi connectivity index (χ2v) is 7.73. The number of piperidine rings is 1. The van der Waals surface area contributed by atoms with E-state index in [-0.39, 0.29) is 11.3 Å². The normalized spacial score (nSPS) is 20.5. The number of halogens is 3. The number of rotatable bonds is 6. The number of alkyl halides is 3. The molecule has 1 aromatic carbocycles. The van der Waals surface area contributed by atoms with Gasteiger partial charge in [-0.1, -0.05) is 6.92 Å². The second-order valence-electron chi connectivity index (χ2n) is 7.73. The number of hydrogen-bond donors (Lipinski definition) is 1. The van der Waals surface area contributed by atoms with E-state index in [4.69, 9.17) is 5.11 Å². The average Bonchev–Trinajstić information content (AvgIpc) is 2.65. The Hall–Kier alpha value is -2.15. The predicted octanol–water partition coefficient (Wildman–Crippen LogP) is 4.45. The minimum absolute atomic E-state index is 0.0178. The molecule has 28 heavy (non-hydrogen) atoms. The van der Waals surface area contributed by atoms with Crippen LogP contribution in [-0.4, -0.2) is 35.6 Å². The van der Waals surface area contributed by atoms with Crippen molar-refractivity contribution in [1.82, 2.24) is 4.98 Å². The fourth-order valence-corrected chi connectivity index (χ4v) is 4.22. The molecule has 2 atom stereocenters. The summed E-state index contributed by atoms with van der Waals surface area (Å²) in [6.45, 7) is 3.24. The molecule has 7 heteroatoms. The molecule has 1 N–H and O–H groups in total. The summed E-state index contributed by atoms with van der Waals surface area (Å²) in [5.74, 6) is 0.617. The number of benzene rings is 1. The van der Waals surface area contributed by atoms with Crippen LogP contribution in [-0.2, 0) is 11.0 Å². The lowest BCUT2D eigenvalue weighted by molar-refractivity contribution is -0.136. The molecule has 0 bridgehead atoms. The Morgan fingerprint density at radius 3 is 2.79 bits per heavy atom.